The van der Waals surface area contributed by atoms with Gasteiger partial charge in [0.15, 0.2) is 11.8 Å². The fourth-order valence-corrected chi connectivity index (χ4v) is 2.23. The maximum absolute atomic E-state index is 12.4. The first-order valence-corrected chi connectivity index (χ1v) is 8.28. The standard InChI is InChI=1S/C20H21NO5/c1-2-26-20(24)18(21-19(23)16-11-7-4-8-12-16)17(22)14-25-13-15-9-5-3-6-10-15/h3-12,18H,2,13-14H2,1H3,(H,21,23). The van der Waals surface area contributed by atoms with Crippen LogP contribution in [0.5, 0.6) is 0 Å². The molecule has 0 aliphatic rings. The van der Waals surface area contributed by atoms with Crippen molar-refractivity contribution in [3.8, 4) is 0 Å². The van der Waals surface area contributed by atoms with E-state index in [4.69, 9.17) is 9.47 Å². The first-order valence-electron chi connectivity index (χ1n) is 8.28. The molecule has 0 bridgehead atoms. The lowest BCUT2D eigenvalue weighted by Crippen LogP contribution is -2.48. The van der Waals surface area contributed by atoms with Gasteiger partial charge in [0, 0.05) is 5.56 Å². The second kappa shape index (κ2) is 10.1. The Bertz CT molecular complexity index is 730. The summed E-state index contributed by atoms with van der Waals surface area (Å²) in [5.41, 5.74) is 1.25. The molecule has 6 nitrogen and oxygen atoms in total. The van der Waals surface area contributed by atoms with Crippen LogP contribution in [0, 0.1) is 0 Å². The number of rotatable bonds is 9. The van der Waals surface area contributed by atoms with E-state index in [1.165, 1.54) is 0 Å². The lowest BCUT2D eigenvalue weighted by atomic mass is 10.1. The predicted octanol–water partition coefficient (Wildman–Crippen LogP) is 2.13. The van der Waals surface area contributed by atoms with Gasteiger partial charge in [-0.3, -0.25) is 9.59 Å². The van der Waals surface area contributed by atoms with Crippen molar-refractivity contribution in [2.75, 3.05) is 13.2 Å². The minimum Gasteiger partial charge on any atom is -0.464 e. The molecule has 0 aromatic heterocycles. The molecule has 0 spiro atoms. The molecule has 0 saturated carbocycles. The Morgan fingerprint density at radius 2 is 1.58 bits per heavy atom. The Morgan fingerprint density at radius 1 is 0.962 bits per heavy atom. The van der Waals surface area contributed by atoms with Crippen molar-refractivity contribution in [1.29, 1.82) is 0 Å². The fourth-order valence-electron chi connectivity index (χ4n) is 2.23. The van der Waals surface area contributed by atoms with E-state index in [2.05, 4.69) is 5.32 Å². The van der Waals surface area contributed by atoms with Crippen molar-refractivity contribution in [3.05, 3.63) is 71.8 Å². The van der Waals surface area contributed by atoms with Gasteiger partial charge in [0.05, 0.1) is 13.2 Å². The molecule has 1 N–H and O–H groups in total. The number of ketones is 1. The lowest BCUT2D eigenvalue weighted by Gasteiger charge is -2.16. The van der Waals surface area contributed by atoms with Gasteiger partial charge in [-0.2, -0.15) is 0 Å². The zero-order valence-corrected chi connectivity index (χ0v) is 14.5. The number of ether oxygens (including phenoxy) is 2. The van der Waals surface area contributed by atoms with E-state index in [0.29, 0.717) is 5.56 Å². The summed E-state index contributed by atoms with van der Waals surface area (Å²) < 4.78 is 10.3. The summed E-state index contributed by atoms with van der Waals surface area (Å²) in [6.45, 7) is 1.65. The van der Waals surface area contributed by atoms with Crippen molar-refractivity contribution in [1.82, 2.24) is 5.32 Å². The molecule has 2 rings (SSSR count). The van der Waals surface area contributed by atoms with Gasteiger partial charge in [0.25, 0.3) is 5.91 Å². The zero-order valence-electron chi connectivity index (χ0n) is 14.5. The highest BCUT2D eigenvalue weighted by atomic mass is 16.5. The SMILES string of the molecule is CCOC(=O)C(NC(=O)c1ccccc1)C(=O)COCc1ccccc1. The average molecular weight is 355 g/mol. The summed E-state index contributed by atoms with van der Waals surface area (Å²) in [5, 5.41) is 2.42. The molecule has 2 aromatic rings. The Balaban J connectivity index is 1.97. The van der Waals surface area contributed by atoms with Crippen LogP contribution in [-0.2, 0) is 25.7 Å². The van der Waals surface area contributed by atoms with Crippen LogP contribution in [0.3, 0.4) is 0 Å². The number of nitrogens with one attached hydrogen (secondary N) is 1. The highest BCUT2D eigenvalue weighted by Crippen LogP contribution is 2.03. The number of carbonyl (C=O) groups is 3. The molecule has 2 aromatic carbocycles. The average Bonchev–Trinajstić information content (AvgIpc) is 2.67. The Labute approximate surface area is 152 Å². The summed E-state index contributed by atoms with van der Waals surface area (Å²) in [7, 11) is 0. The molecule has 0 aliphatic heterocycles. The molecular weight excluding hydrogens is 334 g/mol. The van der Waals surface area contributed by atoms with Gasteiger partial charge in [0.2, 0.25) is 0 Å². The van der Waals surface area contributed by atoms with Crippen molar-refractivity contribution < 1.29 is 23.9 Å². The molecule has 0 heterocycles. The van der Waals surface area contributed by atoms with Gasteiger partial charge in [-0.15, -0.1) is 0 Å². The monoisotopic (exact) mass is 355 g/mol. The van der Waals surface area contributed by atoms with Crippen LogP contribution in [-0.4, -0.2) is 36.9 Å². The van der Waals surface area contributed by atoms with Gasteiger partial charge < -0.3 is 14.8 Å². The largest absolute Gasteiger partial charge is 0.464 e. The van der Waals surface area contributed by atoms with Gasteiger partial charge in [-0.1, -0.05) is 48.5 Å². The maximum atomic E-state index is 12.4. The molecule has 0 saturated heterocycles. The van der Waals surface area contributed by atoms with E-state index in [-0.39, 0.29) is 19.8 Å². The highest BCUT2D eigenvalue weighted by molar-refractivity contribution is 6.08. The van der Waals surface area contributed by atoms with E-state index in [1.54, 1.807) is 37.3 Å². The van der Waals surface area contributed by atoms with E-state index < -0.39 is 23.7 Å². The van der Waals surface area contributed by atoms with Crippen molar-refractivity contribution in [2.45, 2.75) is 19.6 Å². The topological polar surface area (TPSA) is 81.7 Å². The summed E-state index contributed by atoms with van der Waals surface area (Å²) >= 11 is 0. The van der Waals surface area contributed by atoms with E-state index in [1.807, 2.05) is 30.3 Å². The van der Waals surface area contributed by atoms with Crippen molar-refractivity contribution >= 4 is 17.7 Å². The molecule has 1 unspecified atom stereocenters. The van der Waals surface area contributed by atoms with Crippen LogP contribution < -0.4 is 5.32 Å². The van der Waals surface area contributed by atoms with E-state index in [0.717, 1.165) is 5.56 Å². The quantitative estimate of drug-likeness (QED) is 0.550. The molecule has 136 valence electrons. The van der Waals surface area contributed by atoms with Crippen molar-refractivity contribution in [2.24, 2.45) is 0 Å². The first kappa shape index (κ1) is 19.3. The molecule has 1 amide bonds. The molecule has 0 aliphatic carbocycles. The number of esters is 1. The Morgan fingerprint density at radius 3 is 2.19 bits per heavy atom. The maximum Gasteiger partial charge on any atom is 0.336 e. The first-order chi connectivity index (χ1) is 12.6. The summed E-state index contributed by atoms with van der Waals surface area (Å²) in [6, 6.07) is 16.3. The van der Waals surface area contributed by atoms with Gasteiger partial charge >= 0.3 is 5.97 Å². The highest BCUT2D eigenvalue weighted by Gasteiger charge is 2.30. The summed E-state index contributed by atoms with van der Waals surface area (Å²) in [4.78, 5) is 36.7. The lowest BCUT2D eigenvalue weighted by molar-refractivity contribution is -0.149. The number of hydrogen-bond acceptors (Lipinski definition) is 5. The number of Topliss-reactive ketones (excluding diaryl/α,β-unsaturated/α-hetero) is 1. The Kier molecular flexibility index (Phi) is 7.51. The number of carbonyl (C=O) groups excluding carboxylic acids is 3. The van der Waals surface area contributed by atoms with E-state index >= 15 is 0 Å². The third-order valence-electron chi connectivity index (χ3n) is 3.51. The van der Waals surface area contributed by atoms with Crippen LogP contribution in [0.25, 0.3) is 0 Å². The van der Waals surface area contributed by atoms with Crippen LogP contribution in [0.1, 0.15) is 22.8 Å². The zero-order chi connectivity index (χ0) is 18.8. The molecule has 26 heavy (non-hydrogen) atoms. The smallest absolute Gasteiger partial charge is 0.336 e. The number of benzene rings is 2. The van der Waals surface area contributed by atoms with Crippen molar-refractivity contribution in [3.63, 3.8) is 0 Å². The van der Waals surface area contributed by atoms with Crippen LogP contribution in [0.2, 0.25) is 0 Å². The van der Waals surface area contributed by atoms with Crippen LogP contribution >= 0.6 is 0 Å². The molecule has 0 radical (unpaired) electrons. The minimum absolute atomic E-state index is 0.106. The summed E-state index contributed by atoms with van der Waals surface area (Å²) in [6.07, 6.45) is 0. The fraction of sp³-hybridized carbons (Fsp3) is 0.250. The predicted molar refractivity (Wildman–Crippen MR) is 95.4 cm³/mol. The third kappa shape index (κ3) is 5.82. The third-order valence-corrected chi connectivity index (χ3v) is 3.51. The number of hydrogen-bond donors (Lipinski definition) is 1. The van der Waals surface area contributed by atoms with Crippen LogP contribution in [0.4, 0.5) is 0 Å². The van der Waals surface area contributed by atoms with Crippen LogP contribution in [0.15, 0.2) is 60.7 Å². The second-order valence-corrected chi connectivity index (χ2v) is 5.47. The van der Waals surface area contributed by atoms with Gasteiger partial charge in [-0.05, 0) is 24.6 Å². The second-order valence-electron chi connectivity index (χ2n) is 5.47. The Hall–Kier alpha value is -2.99. The van der Waals surface area contributed by atoms with Gasteiger partial charge in [-0.25, -0.2) is 4.79 Å². The summed E-state index contributed by atoms with van der Waals surface area (Å²) in [5.74, 6) is -1.89. The number of amides is 1. The molecule has 1 atom stereocenters. The van der Waals surface area contributed by atoms with E-state index in [9.17, 15) is 14.4 Å². The molecule has 6 heteroatoms. The van der Waals surface area contributed by atoms with Gasteiger partial charge in [0.1, 0.15) is 6.61 Å². The molecule has 0 fully saturated rings. The molecular formula is C20H21NO5. The minimum atomic E-state index is -1.40. The normalized spacial score (nSPS) is 11.4.